The smallest absolute Gasteiger partial charge is 0.149 e. The number of anilines is 1. The van der Waals surface area contributed by atoms with Crippen molar-refractivity contribution in [2.24, 2.45) is 5.41 Å². The van der Waals surface area contributed by atoms with Crippen molar-refractivity contribution >= 4 is 21.6 Å². The van der Waals surface area contributed by atoms with Gasteiger partial charge in [0, 0.05) is 18.0 Å². The molecule has 0 saturated heterocycles. The van der Waals surface area contributed by atoms with Crippen LogP contribution in [0.1, 0.15) is 26.7 Å². The van der Waals surface area contributed by atoms with Crippen LogP contribution in [0.3, 0.4) is 0 Å². The van der Waals surface area contributed by atoms with Gasteiger partial charge in [-0.15, -0.1) is 0 Å². The zero-order valence-electron chi connectivity index (χ0n) is 10.6. The lowest BCUT2D eigenvalue weighted by Crippen LogP contribution is -2.32. The van der Waals surface area contributed by atoms with Crippen LogP contribution in [-0.2, 0) is 0 Å². The van der Waals surface area contributed by atoms with Crippen molar-refractivity contribution < 1.29 is 13.9 Å². The molecule has 0 aromatic heterocycles. The molecule has 0 aliphatic carbocycles. The molecule has 0 saturated carbocycles. The van der Waals surface area contributed by atoms with Crippen molar-refractivity contribution in [2.45, 2.75) is 26.7 Å². The van der Waals surface area contributed by atoms with Crippen LogP contribution in [0.4, 0.5) is 14.5 Å². The summed E-state index contributed by atoms with van der Waals surface area (Å²) in [4.78, 5) is 0. The molecule has 1 aromatic carbocycles. The summed E-state index contributed by atoms with van der Waals surface area (Å²) in [6.45, 7) is 4.46. The van der Waals surface area contributed by atoms with Crippen LogP contribution in [-0.4, -0.2) is 18.3 Å². The Bertz CT molecular complexity index is 400. The maximum absolute atomic E-state index is 13.5. The predicted octanol–water partition coefficient (Wildman–Crippen LogP) is 3.94. The maximum Gasteiger partial charge on any atom is 0.149 e. The number of halogens is 3. The highest BCUT2D eigenvalue weighted by Gasteiger charge is 2.25. The first kappa shape index (κ1) is 15.4. The fourth-order valence-corrected chi connectivity index (χ4v) is 2.06. The molecule has 102 valence electrons. The first-order valence-electron chi connectivity index (χ1n) is 5.97. The summed E-state index contributed by atoms with van der Waals surface area (Å²) in [6, 6.07) is 2.21. The van der Waals surface area contributed by atoms with Crippen LogP contribution in [0.25, 0.3) is 0 Å². The van der Waals surface area contributed by atoms with Gasteiger partial charge in [-0.05, 0) is 34.8 Å². The van der Waals surface area contributed by atoms with Crippen molar-refractivity contribution in [1.29, 1.82) is 0 Å². The molecule has 0 heterocycles. The summed E-state index contributed by atoms with van der Waals surface area (Å²) in [5.74, 6) is -1.26. The van der Waals surface area contributed by atoms with E-state index < -0.39 is 11.6 Å². The third-order valence-electron chi connectivity index (χ3n) is 3.50. The first-order valence-corrected chi connectivity index (χ1v) is 6.76. The maximum atomic E-state index is 13.5. The van der Waals surface area contributed by atoms with E-state index in [2.05, 4.69) is 21.2 Å². The molecule has 0 atom stereocenters. The molecule has 18 heavy (non-hydrogen) atoms. The molecule has 0 spiro atoms. The van der Waals surface area contributed by atoms with Crippen LogP contribution < -0.4 is 5.32 Å². The average Bonchev–Trinajstić information content (AvgIpc) is 2.37. The Morgan fingerprint density at radius 1 is 1.22 bits per heavy atom. The van der Waals surface area contributed by atoms with Gasteiger partial charge in [-0.2, -0.15) is 0 Å². The molecular formula is C13H18BrF2NO. The van der Waals surface area contributed by atoms with Crippen molar-refractivity contribution in [3.8, 4) is 0 Å². The number of aliphatic hydroxyl groups excluding tert-OH is 1. The zero-order chi connectivity index (χ0) is 13.8. The molecule has 0 aliphatic heterocycles. The van der Waals surface area contributed by atoms with Crippen LogP contribution >= 0.6 is 15.9 Å². The Kier molecular flexibility index (Phi) is 5.53. The average molecular weight is 322 g/mol. The number of benzene rings is 1. The van der Waals surface area contributed by atoms with E-state index in [1.807, 2.05) is 13.8 Å². The third kappa shape index (κ3) is 3.42. The fourth-order valence-electron chi connectivity index (χ4n) is 1.72. The molecule has 5 heteroatoms. The van der Waals surface area contributed by atoms with Gasteiger partial charge in [0.05, 0.1) is 16.8 Å². The molecule has 0 aliphatic rings. The van der Waals surface area contributed by atoms with E-state index in [1.165, 1.54) is 6.07 Å². The van der Waals surface area contributed by atoms with Crippen LogP contribution in [0, 0.1) is 17.0 Å². The summed E-state index contributed by atoms with van der Waals surface area (Å²) in [7, 11) is 0. The molecule has 1 aromatic rings. The molecule has 0 radical (unpaired) electrons. The van der Waals surface area contributed by atoms with Crippen molar-refractivity contribution in [2.75, 3.05) is 18.5 Å². The number of nitrogens with one attached hydrogen (secondary N) is 1. The fraction of sp³-hybridized carbons (Fsp3) is 0.538. The largest absolute Gasteiger partial charge is 0.396 e. The van der Waals surface area contributed by atoms with Gasteiger partial charge in [0.2, 0.25) is 0 Å². The Balaban J connectivity index is 2.83. The molecular weight excluding hydrogens is 304 g/mol. The van der Waals surface area contributed by atoms with Crippen LogP contribution in [0.5, 0.6) is 0 Å². The molecule has 0 unspecified atom stereocenters. The third-order valence-corrected chi connectivity index (χ3v) is 4.11. The van der Waals surface area contributed by atoms with Gasteiger partial charge in [0.25, 0.3) is 0 Å². The van der Waals surface area contributed by atoms with Gasteiger partial charge in [-0.1, -0.05) is 13.8 Å². The van der Waals surface area contributed by atoms with Gasteiger partial charge in [0.15, 0.2) is 0 Å². The van der Waals surface area contributed by atoms with Crippen molar-refractivity contribution in [1.82, 2.24) is 0 Å². The van der Waals surface area contributed by atoms with Crippen LogP contribution in [0.2, 0.25) is 0 Å². The van der Waals surface area contributed by atoms with Gasteiger partial charge < -0.3 is 10.4 Å². The number of rotatable bonds is 6. The van der Waals surface area contributed by atoms with Gasteiger partial charge in [0.1, 0.15) is 11.6 Å². The monoisotopic (exact) mass is 321 g/mol. The predicted molar refractivity (Wildman–Crippen MR) is 72.6 cm³/mol. The van der Waals surface area contributed by atoms with Gasteiger partial charge >= 0.3 is 0 Å². The van der Waals surface area contributed by atoms with E-state index in [9.17, 15) is 13.9 Å². The lowest BCUT2D eigenvalue weighted by molar-refractivity contribution is 0.127. The molecule has 1 rings (SSSR count). The SMILES string of the molecule is CCC(CC)(CO)CNc1cc(Br)c(F)cc1F. The van der Waals surface area contributed by atoms with E-state index in [-0.39, 0.29) is 22.2 Å². The standard InChI is InChI=1S/C13H18BrF2NO/c1-3-13(4-2,8-18)7-17-12-5-9(14)10(15)6-11(12)16/h5-6,17-18H,3-4,7-8H2,1-2H3. The summed E-state index contributed by atoms with van der Waals surface area (Å²) in [6.07, 6.45) is 1.58. The zero-order valence-corrected chi connectivity index (χ0v) is 12.2. The van der Waals surface area contributed by atoms with E-state index in [0.717, 1.165) is 18.9 Å². The lowest BCUT2D eigenvalue weighted by Gasteiger charge is -2.30. The van der Waals surface area contributed by atoms with E-state index in [1.54, 1.807) is 0 Å². The number of aliphatic hydroxyl groups is 1. The lowest BCUT2D eigenvalue weighted by atomic mass is 9.83. The van der Waals surface area contributed by atoms with E-state index in [4.69, 9.17) is 0 Å². The summed E-state index contributed by atoms with van der Waals surface area (Å²) in [5, 5.41) is 12.4. The normalized spacial score (nSPS) is 11.7. The molecule has 0 fully saturated rings. The minimum absolute atomic E-state index is 0.0387. The second kappa shape index (κ2) is 6.48. The number of hydrogen-bond acceptors (Lipinski definition) is 2. The van der Waals surface area contributed by atoms with Crippen molar-refractivity contribution in [3.05, 3.63) is 28.2 Å². The Labute approximate surface area is 115 Å². The van der Waals surface area contributed by atoms with E-state index in [0.29, 0.717) is 6.54 Å². The summed E-state index contributed by atoms with van der Waals surface area (Å²) in [5.41, 5.74) is -0.0316. The number of hydrogen-bond donors (Lipinski definition) is 2. The second-order valence-corrected chi connectivity index (χ2v) is 5.32. The first-order chi connectivity index (χ1) is 8.48. The highest BCUT2D eigenvalue weighted by molar-refractivity contribution is 9.10. The van der Waals surface area contributed by atoms with Crippen LogP contribution in [0.15, 0.2) is 16.6 Å². The summed E-state index contributed by atoms with van der Waals surface area (Å²) < 4.78 is 26.8. The Morgan fingerprint density at radius 3 is 2.33 bits per heavy atom. The highest BCUT2D eigenvalue weighted by atomic mass is 79.9. The minimum atomic E-state index is -0.630. The highest BCUT2D eigenvalue weighted by Crippen LogP contribution is 2.28. The van der Waals surface area contributed by atoms with E-state index >= 15 is 0 Å². The Hall–Kier alpha value is -0.680. The van der Waals surface area contributed by atoms with Crippen molar-refractivity contribution in [3.63, 3.8) is 0 Å². The summed E-state index contributed by atoms with van der Waals surface area (Å²) >= 11 is 3.02. The molecule has 0 amide bonds. The second-order valence-electron chi connectivity index (χ2n) is 4.46. The topological polar surface area (TPSA) is 32.3 Å². The Morgan fingerprint density at radius 2 is 1.83 bits per heavy atom. The quantitative estimate of drug-likeness (QED) is 0.778. The molecule has 2 N–H and O–H groups in total. The molecule has 0 bridgehead atoms. The minimum Gasteiger partial charge on any atom is -0.396 e. The molecule has 2 nitrogen and oxygen atoms in total. The van der Waals surface area contributed by atoms with Gasteiger partial charge in [-0.3, -0.25) is 0 Å². The van der Waals surface area contributed by atoms with Gasteiger partial charge in [-0.25, -0.2) is 8.78 Å².